The second-order valence-corrected chi connectivity index (χ2v) is 10.4. The summed E-state index contributed by atoms with van der Waals surface area (Å²) in [6.45, 7) is 0.801. The molecule has 20 nitrogen and oxygen atoms in total. The lowest BCUT2D eigenvalue weighted by Gasteiger charge is -2.41. The van der Waals surface area contributed by atoms with Gasteiger partial charge >= 0.3 is 15.6 Å². The molecule has 12 N–H and O–H groups in total. The third-order valence-corrected chi connectivity index (χ3v) is 5.95. The molecule has 2 rings (SSSR count). The van der Waals surface area contributed by atoms with Crippen LogP contribution < -0.4 is 10.6 Å². The SMILES string of the molecule is CC(=O)N[C@H]1C(OP(=O)(O)O)O[C@H](CO)[C@@H](O)[C@@H]1O.CC(=O)N[C@H]1C(OP(=O)(O)O)O[C@H](CO)[C@@H](O)[C@@H]1O. The van der Waals surface area contributed by atoms with Crippen molar-refractivity contribution in [3.05, 3.63) is 0 Å². The lowest BCUT2D eigenvalue weighted by Crippen LogP contribution is -2.64. The molecule has 2 amide bonds. The number of aliphatic hydroxyl groups excluding tert-OH is 6. The molecule has 2 aliphatic rings. The zero-order valence-electron chi connectivity index (χ0n) is 19.8. The number of hydrogen-bond donors (Lipinski definition) is 12. The van der Waals surface area contributed by atoms with Crippen LogP contribution >= 0.6 is 15.6 Å². The van der Waals surface area contributed by atoms with E-state index in [9.17, 15) is 39.1 Å². The molecule has 38 heavy (non-hydrogen) atoms. The number of ether oxygens (including phenoxy) is 2. The Bertz CT molecular complexity index is 812. The van der Waals surface area contributed by atoms with Crippen LogP contribution in [0.25, 0.3) is 0 Å². The lowest BCUT2D eigenvalue weighted by atomic mass is 9.97. The quantitative estimate of drug-likeness (QED) is 0.115. The second kappa shape index (κ2) is 14.5. The summed E-state index contributed by atoms with van der Waals surface area (Å²) in [6, 6.07) is -2.77. The minimum Gasteiger partial charge on any atom is -0.394 e. The van der Waals surface area contributed by atoms with E-state index in [1.807, 2.05) is 0 Å². The van der Waals surface area contributed by atoms with Gasteiger partial charge in [0.1, 0.15) is 48.7 Å². The monoisotopic (exact) mass is 602 g/mol. The van der Waals surface area contributed by atoms with Crippen LogP contribution in [0.2, 0.25) is 0 Å². The Hall–Kier alpha value is -1.16. The van der Waals surface area contributed by atoms with E-state index in [0.29, 0.717) is 0 Å². The highest BCUT2D eigenvalue weighted by Crippen LogP contribution is 2.41. The number of phosphoric ester groups is 2. The molecule has 2 unspecified atom stereocenters. The molecule has 0 aromatic heterocycles. The fraction of sp³-hybridized carbons (Fsp3) is 0.875. The van der Waals surface area contributed by atoms with Crippen LogP contribution in [-0.2, 0) is 37.2 Å². The number of amides is 2. The smallest absolute Gasteiger partial charge is 0.394 e. The standard InChI is InChI=1S/2C8H16NO9P/c2*1-3(11)9-5-7(13)6(12)4(2-10)17-8(5)18-19(14,15)16/h2*4-8,10,12-13H,2H2,1H3,(H,9,11)(H2,14,15,16)/t2*4-,5-,6-,7-,8?/m11/s1. The zero-order chi connectivity index (χ0) is 29.6. The molecule has 0 radical (unpaired) electrons. The largest absolute Gasteiger partial charge is 0.472 e. The first-order valence-electron chi connectivity index (χ1n) is 10.6. The Morgan fingerprint density at radius 3 is 1.18 bits per heavy atom. The van der Waals surface area contributed by atoms with Crippen molar-refractivity contribution in [2.45, 2.75) is 75.1 Å². The topological polar surface area (TPSA) is 332 Å². The van der Waals surface area contributed by atoms with Crippen molar-refractivity contribution in [3.63, 3.8) is 0 Å². The molecule has 22 heteroatoms. The Morgan fingerprint density at radius 1 is 0.684 bits per heavy atom. The summed E-state index contributed by atoms with van der Waals surface area (Å²) in [5, 5.41) is 60.9. The Balaban J connectivity index is 0.000000380. The van der Waals surface area contributed by atoms with Crippen molar-refractivity contribution in [2.75, 3.05) is 13.2 Å². The highest BCUT2D eigenvalue weighted by Gasteiger charge is 2.48. The van der Waals surface area contributed by atoms with Crippen molar-refractivity contribution >= 4 is 27.5 Å². The van der Waals surface area contributed by atoms with E-state index in [-0.39, 0.29) is 0 Å². The van der Waals surface area contributed by atoms with Crippen molar-refractivity contribution < 1.29 is 87.5 Å². The minimum absolute atomic E-state index is 0.624. The van der Waals surface area contributed by atoms with Gasteiger partial charge in [-0.3, -0.25) is 18.6 Å². The number of rotatable bonds is 8. The summed E-state index contributed by atoms with van der Waals surface area (Å²) in [4.78, 5) is 56.8. The number of carbonyl (C=O) groups is 2. The van der Waals surface area contributed by atoms with E-state index in [2.05, 4.69) is 19.7 Å². The van der Waals surface area contributed by atoms with E-state index < -0.39 is 102 Å². The minimum atomic E-state index is -4.95. The van der Waals surface area contributed by atoms with Crippen molar-refractivity contribution in [1.82, 2.24) is 10.6 Å². The average molecular weight is 602 g/mol. The first-order valence-corrected chi connectivity index (χ1v) is 13.6. The van der Waals surface area contributed by atoms with Crippen LogP contribution in [0.5, 0.6) is 0 Å². The van der Waals surface area contributed by atoms with E-state index in [4.69, 9.17) is 39.3 Å². The van der Waals surface area contributed by atoms with E-state index >= 15 is 0 Å². The molecule has 0 aliphatic carbocycles. The summed E-state index contributed by atoms with van der Waals surface area (Å²) >= 11 is 0. The molecule has 224 valence electrons. The second-order valence-electron chi connectivity index (χ2n) is 8.06. The summed E-state index contributed by atoms with van der Waals surface area (Å²) in [5.41, 5.74) is 0. The zero-order valence-corrected chi connectivity index (χ0v) is 21.6. The first-order chi connectivity index (χ1) is 17.3. The number of phosphoric acid groups is 2. The molecule has 0 aromatic rings. The van der Waals surface area contributed by atoms with Gasteiger partial charge in [-0.05, 0) is 0 Å². The van der Waals surface area contributed by atoms with Crippen molar-refractivity contribution in [2.24, 2.45) is 0 Å². The fourth-order valence-corrected chi connectivity index (χ4v) is 4.29. The predicted molar refractivity (Wildman–Crippen MR) is 117 cm³/mol. The molecule has 2 heterocycles. The normalized spacial score (nSPS) is 36.0. The maximum Gasteiger partial charge on any atom is 0.472 e. The Labute approximate surface area is 214 Å². The van der Waals surface area contributed by atoms with Gasteiger partial charge < -0.3 is 70.3 Å². The van der Waals surface area contributed by atoms with Gasteiger partial charge in [0.2, 0.25) is 11.8 Å². The van der Waals surface area contributed by atoms with Gasteiger partial charge in [0, 0.05) is 13.8 Å². The highest BCUT2D eigenvalue weighted by atomic mass is 31.2. The van der Waals surface area contributed by atoms with Crippen LogP contribution in [0.4, 0.5) is 0 Å². The Morgan fingerprint density at radius 2 is 0.974 bits per heavy atom. The van der Waals surface area contributed by atoms with Crippen LogP contribution in [0, 0.1) is 0 Å². The number of carbonyl (C=O) groups excluding carboxylic acids is 2. The number of aliphatic hydroxyl groups is 6. The summed E-state index contributed by atoms with van der Waals surface area (Å²) < 4.78 is 40.0. The van der Waals surface area contributed by atoms with Crippen LogP contribution in [0.3, 0.4) is 0 Å². The molecule has 2 saturated heterocycles. The van der Waals surface area contributed by atoms with Gasteiger partial charge in [-0.2, -0.15) is 0 Å². The maximum absolute atomic E-state index is 11.0. The molecule has 2 aliphatic heterocycles. The molecule has 0 spiro atoms. The Kier molecular flexibility index (Phi) is 13.3. The highest BCUT2D eigenvalue weighted by molar-refractivity contribution is 7.46. The van der Waals surface area contributed by atoms with Crippen molar-refractivity contribution in [1.29, 1.82) is 0 Å². The van der Waals surface area contributed by atoms with Gasteiger partial charge in [-0.1, -0.05) is 0 Å². The first kappa shape index (κ1) is 34.9. The van der Waals surface area contributed by atoms with Crippen LogP contribution in [0.1, 0.15) is 13.8 Å². The van der Waals surface area contributed by atoms with E-state index in [1.54, 1.807) is 0 Å². The molecule has 0 bridgehead atoms. The molecular formula is C16H32N2O18P2. The summed E-state index contributed by atoms with van der Waals surface area (Å²) in [7, 11) is -9.90. The van der Waals surface area contributed by atoms with Crippen molar-refractivity contribution in [3.8, 4) is 0 Å². The molecule has 0 aromatic carbocycles. The number of hydrogen-bond acceptors (Lipinski definition) is 14. The van der Waals surface area contributed by atoms with Gasteiger partial charge in [0.05, 0.1) is 13.2 Å². The lowest BCUT2D eigenvalue weighted by molar-refractivity contribution is -0.248. The van der Waals surface area contributed by atoms with Crippen LogP contribution in [0.15, 0.2) is 0 Å². The van der Waals surface area contributed by atoms with Gasteiger partial charge in [0.25, 0.3) is 0 Å². The molecule has 2 fully saturated rings. The molecule has 10 atom stereocenters. The third kappa shape index (κ3) is 10.8. The fourth-order valence-electron chi connectivity index (χ4n) is 3.39. The van der Waals surface area contributed by atoms with Gasteiger partial charge in [-0.25, -0.2) is 9.13 Å². The van der Waals surface area contributed by atoms with E-state index in [0.717, 1.165) is 13.8 Å². The average Bonchev–Trinajstić information content (AvgIpc) is 2.76. The third-order valence-electron chi connectivity index (χ3n) is 4.98. The van der Waals surface area contributed by atoms with Gasteiger partial charge in [-0.15, -0.1) is 0 Å². The predicted octanol–water partition coefficient (Wildman–Crippen LogP) is -5.92. The van der Waals surface area contributed by atoms with E-state index in [1.165, 1.54) is 0 Å². The van der Waals surface area contributed by atoms with Gasteiger partial charge in [0.15, 0.2) is 12.6 Å². The number of nitrogens with one attached hydrogen (secondary N) is 2. The molecule has 0 saturated carbocycles. The summed E-state index contributed by atoms with van der Waals surface area (Å²) in [6.07, 6.45) is -12.3. The van der Waals surface area contributed by atoms with Crippen LogP contribution in [-0.4, -0.2) is 137 Å². The summed E-state index contributed by atoms with van der Waals surface area (Å²) in [5.74, 6) is -1.25. The maximum atomic E-state index is 11.0. The molecular weight excluding hydrogens is 570 g/mol.